The van der Waals surface area contributed by atoms with E-state index in [9.17, 15) is 0 Å². The molecule has 0 N–H and O–H groups in total. The predicted octanol–water partition coefficient (Wildman–Crippen LogP) is 6.72. The van der Waals surface area contributed by atoms with Gasteiger partial charge in [0.15, 0.2) is 0 Å². The van der Waals surface area contributed by atoms with E-state index in [1.54, 1.807) is 0 Å². The Morgan fingerprint density at radius 2 is 1.32 bits per heavy atom. The van der Waals surface area contributed by atoms with Crippen LogP contribution in [0.15, 0.2) is 10.2 Å². The molecule has 0 saturated heterocycles. The van der Waals surface area contributed by atoms with Gasteiger partial charge in [0.05, 0.1) is 6.04 Å². The SMILES string of the molecule is CCCCCCC(CCCCCC)N=NC(C)(C)Cl. The maximum absolute atomic E-state index is 6.08. The number of unbranched alkanes of at least 4 members (excludes halogenated alkanes) is 6. The molecule has 114 valence electrons. The first kappa shape index (κ1) is 18.9. The molecule has 0 atom stereocenters. The summed E-state index contributed by atoms with van der Waals surface area (Å²) in [6.07, 6.45) is 12.8. The fourth-order valence-corrected chi connectivity index (χ4v) is 2.14. The van der Waals surface area contributed by atoms with E-state index in [1.165, 1.54) is 64.2 Å². The molecule has 0 saturated carbocycles. The maximum atomic E-state index is 6.08. The summed E-state index contributed by atoms with van der Waals surface area (Å²) in [6, 6.07) is 0.381. The molecule has 0 unspecified atom stereocenters. The largest absolute Gasteiger partial charge is 0.189 e. The van der Waals surface area contributed by atoms with Gasteiger partial charge in [-0.1, -0.05) is 76.8 Å². The topological polar surface area (TPSA) is 24.7 Å². The highest BCUT2D eigenvalue weighted by Gasteiger charge is 2.13. The number of hydrogen-bond donors (Lipinski definition) is 0. The number of halogens is 1. The van der Waals surface area contributed by atoms with Gasteiger partial charge in [-0.05, 0) is 26.7 Å². The average molecular weight is 289 g/mol. The summed E-state index contributed by atoms with van der Waals surface area (Å²) in [5.74, 6) is 0. The fraction of sp³-hybridized carbons (Fsp3) is 1.00. The number of azo groups is 1. The van der Waals surface area contributed by atoms with Crippen LogP contribution < -0.4 is 0 Å². The van der Waals surface area contributed by atoms with Crippen LogP contribution in [0.3, 0.4) is 0 Å². The van der Waals surface area contributed by atoms with Crippen LogP contribution in [0.25, 0.3) is 0 Å². The molecule has 0 aromatic heterocycles. The molecule has 3 heteroatoms. The molecule has 0 fully saturated rings. The molecule has 2 nitrogen and oxygen atoms in total. The van der Waals surface area contributed by atoms with Crippen molar-refractivity contribution in [3.63, 3.8) is 0 Å². The zero-order valence-corrected chi connectivity index (χ0v) is 14.2. The van der Waals surface area contributed by atoms with Crippen LogP contribution >= 0.6 is 11.6 Å². The van der Waals surface area contributed by atoms with Crippen molar-refractivity contribution >= 4 is 11.6 Å². The van der Waals surface area contributed by atoms with E-state index in [1.807, 2.05) is 13.8 Å². The van der Waals surface area contributed by atoms with Crippen molar-refractivity contribution in [3.05, 3.63) is 0 Å². The molecule has 0 aromatic rings. The van der Waals surface area contributed by atoms with Gasteiger partial charge < -0.3 is 0 Å². The molecule has 0 amide bonds. The first-order chi connectivity index (χ1) is 8.99. The van der Waals surface area contributed by atoms with Gasteiger partial charge in [0.2, 0.25) is 0 Å². The summed E-state index contributed by atoms with van der Waals surface area (Å²) >= 11 is 6.08. The minimum atomic E-state index is -0.551. The molecular formula is C16H33ClN2. The fourth-order valence-electron chi connectivity index (χ4n) is 2.09. The lowest BCUT2D eigenvalue weighted by Crippen LogP contribution is -2.09. The van der Waals surface area contributed by atoms with Gasteiger partial charge in [-0.3, -0.25) is 0 Å². The Kier molecular flexibility index (Phi) is 11.6. The van der Waals surface area contributed by atoms with Crippen LogP contribution in [-0.4, -0.2) is 11.0 Å². The molecule has 0 bridgehead atoms. The summed E-state index contributed by atoms with van der Waals surface area (Å²) in [6.45, 7) is 8.28. The first-order valence-corrected chi connectivity index (χ1v) is 8.48. The summed E-state index contributed by atoms with van der Waals surface area (Å²) in [7, 11) is 0. The number of alkyl halides is 1. The van der Waals surface area contributed by atoms with Crippen molar-refractivity contribution < 1.29 is 0 Å². The molecule has 19 heavy (non-hydrogen) atoms. The Bertz CT molecular complexity index is 209. The molecular weight excluding hydrogens is 256 g/mol. The number of rotatable bonds is 12. The highest BCUT2D eigenvalue weighted by Crippen LogP contribution is 2.20. The summed E-state index contributed by atoms with van der Waals surface area (Å²) < 4.78 is 0. The first-order valence-electron chi connectivity index (χ1n) is 8.10. The standard InChI is InChI=1S/C16H33ClN2/c1-5-7-9-11-13-15(14-12-10-8-6-2)18-19-16(3,4)17/h15H,5-14H2,1-4H3. The minimum absolute atomic E-state index is 0.381. The lowest BCUT2D eigenvalue weighted by molar-refractivity contribution is 0.467. The third-order valence-electron chi connectivity index (χ3n) is 3.24. The number of nitrogens with zero attached hydrogens (tertiary/aromatic N) is 2. The van der Waals surface area contributed by atoms with Gasteiger partial charge in [-0.15, -0.1) is 0 Å². The number of hydrogen-bond acceptors (Lipinski definition) is 2. The quantitative estimate of drug-likeness (QED) is 0.165. The summed E-state index contributed by atoms with van der Waals surface area (Å²) in [4.78, 5) is -0.551. The lowest BCUT2D eigenvalue weighted by atomic mass is 10.0. The van der Waals surface area contributed by atoms with E-state index in [4.69, 9.17) is 11.6 Å². The lowest BCUT2D eigenvalue weighted by Gasteiger charge is -2.14. The third-order valence-corrected chi connectivity index (χ3v) is 3.32. The van der Waals surface area contributed by atoms with E-state index in [-0.39, 0.29) is 0 Å². The Morgan fingerprint density at radius 1 is 0.842 bits per heavy atom. The zero-order valence-electron chi connectivity index (χ0n) is 13.4. The van der Waals surface area contributed by atoms with E-state index >= 15 is 0 Å². The monoisotopic (exact) mass is 288 g/mol. The van der Waals surface area contributed by atoms with Crippen LogP contribution in [-0.2, 0) is 0 Å². The van der Waals surface area contributed by atoms with Crippen molar-refractivity contribution in [2.45, 2.75) is 103 Å². The van der Waals surface area contributed by atoms with Crippen LogP contribution in [0.2, 0.25) is 0 Å². The molecule has 0 heterocycles. The minimum Gasteiger partial charge on any atom is -0.189 e. The Morgan fingerprint density at radius 3 is 1.68 bits per heavy atom. The maximum Gasteiger partial charge on any atom is 0.149 e. The highest BCUT2D eigenvalue weighted by molar-refractivity contribution is 6.23. The van der Waals surface area contributed by atoms with Gasteiger partial charge in [0, 0.05) is 0 Å². The summed E-state index contributed by atoms with van der Waals surface area (Å²) in [5.41, 5.74) is 0. The Labute approximate surface area is 125 Å². The van der Waals surface area contributed by atoms with Crippen molar-refractivity contribution in [1.82, 2.24) is 0 Å². The Hall–Kier alpha value is -0.110. The Balaban J connectivity index is 4.03. The second-order valence-corrected chi connectivity index (χ2v) is 6.90. The van der Waals surface area contributed by atoms with Crippen LogP contribution in [0.1, 0.15) is 91.9 Å². The van der Waals surface area contributed by atoms with Crippen molar-refractivity contribution in [2.24, 2.45) is 10.2 Å². The van der Waals surface area contributed by atoms with Crippen LogP contribution in [0, 0.1) is 0 Å². The molecule has 0 radical (unpaired) electrons. The van der Waals surface area contributed by atoms with Gasteiger partial charge in [-0.25, -0.2) is 0 Å². The molecule has 0 spiro atoms. The molecule has 0 aliphatic heterocycles. The van der Waals surface area contributed by atoms with E-state index in [0.29, 0.717) is 6.04 Å². The van der Waals surface area contributed by atoms with Crippen molar-refractivity contribution in [2.75, 3.05) is 0 Å². The normalized spacial score (nSPS) is 12.7. The van der Waals surface area contributed by atoms with E-state index < -0.39 is 5.00 Å². The average Bonchev–Trinajstić information content (AvgIpc) is 2.34. The van der Waals surface area contributed by atoms with Crippen LogP contribution in [0.5, 0.6) is 0 Å². The predicted molar refractivity (Wildman–Crippen MR) is 86.1 cm³/mol. The van der Waals surface area contributed by atoms with Gasteiger partial charge in [0.25, 0.3) is 0 Å². The third kappa shape index (κ3) is 14.1. The second kappa shape index (κ2) is 11.7. The smallest absolute Gasteiger partial charge is 0.149 e. The van der Waals surface area contributed by atoms with Gasteiger partial charge >= 0.3 is 0 Å². The van der Waals surface area contributed by atoms with Crippen LogP contribution in [0.4, 0.5) is 0 Å². The van der Waals surface area contributed by atoms with Crippen molar-refractivity contribution in [3.8, 4) is 0 Å². The zero-order chi connectivity index (χ0) is 14.6. The molecule has 0 aromatic carbocycles. The highest BCUT2D eigenvalue weighted by atomic mass is 35.5. The molecule has 0 aliphatic rings. The van der Waals surface area contributed by atoms with Gasteiger partial charge in [-0.2, -0.15) is 10.2 Å². The van der Waals surface area contributed by atoms with Crippen molar-refractivity contribution in [1.29, 1.82) is 0 Å². The molecule has 0 aliphatic carbocycles. The van der Waals surface area contributed by atoms with E-state index in [2.05, 4.69) is 24.1 Å². The van der Waals surface area contributed by atoms with E-state index in [0.717, 1.165) is 0 Å². The second-order valence-electron chi connectivity index (χ2n) is 5.98. The molecule has 0 rings (SSSR count). The van der Waals surface area contributed by atoms with Gasteiger partial charge in [0.1, 0.15) is 5.00 Å². The summed E-state index contributed by atoms with van der Waals surface area (Å²) in [5, 5.41) is 8.73.